The Kier molecular flexibility index (Phi) is 10.9. The highest BCUT2D eigenvalue weighted by molar-refractivity contribution is 7.14. The lowest BCUT2D eigenvalue weighted by molar-refractivity contribution is -0.136. The summed E-state index contributed by atoms with van der Waals surface area (Å²) in [6, 6.07) is 13.1. The van der Waals surface area contributed by atoms with Gasteiger partial charge in [0.25, 0.3) is 17.4 Å². The lowest BCUT2D eigenvalue weighted by atomic mass is 9.92. The molecule has 6 aliphatic rings. The maximum Gasteiger partial charge on any atom is 0.274 e. The Bertz CT molecular complexity index is 3070. The lowest BCUT2D eigenvalue weighted by Crippen LogP contribution is -2.58. The minimum Gasteiger partial charge on any atom is -0.392 e. The topological polar surface area (TPSA) is 177 Å². The number of amides is 4. The standard InChI is InChI=1S/C52H58N10O6S/c1-30-22-34(15-18-59(30)35-8-10-38-32(23-35)28-62(50(38)66)43-11-13-46(64)56-49(43)65)58-20-21-60(31(2)26-58)36-9-12-45(54-25-36)55-42-24-33(27-57(3)51(42)67)37-14-17-53-48(41(37)29-63)61-19-16-40-39-6-4-5-7-44(39)69-47(40)52(61)68/h8-10,12,14,17,23-25,27,30-31,34,43,63H,4-7,11,13,15-16,18-22,26,28-29H2,1-3H3,(H,54,55)(H,56,64,65)/t30-,31+,34-,43?/m1/s1/i3D3. The Morgan fingerprint density at radius 2 is 1.68 bits per heavy atom. The number of carbonyl (C=O) groups excluding carboxylic acids is 4. The highest BCUT2D eigenvalue weighted by Gasteiger charge is 2.40. The van der Waals surface area contributed by atoms with Gasteiger partial charge in [0.1, 0.15) is 23.4 Å². The molecule has 0 bridgehead atoms. The van der Waals surface area contributed by atoms with Crippen molar-refractivity contribution in [1.82, 2.24) is 29.7 Å². The van der Waals surface area contributed by atoms with Gasteiger partial charge in [0, 0.05) is 115 Å². The van der Waals surface area contributed by atoms with E-state index in [1.807, 2.05) is 18.2 Å². The van der Waals surface area contributed by atoms with Crippen LogP contribution in [0.3, 0.4) is 0 Å². The van der Waals surface area contributed by atoms with E-state index in [0.717, 1.165) is 92.1 Å². The van der Waals surface area contributed by atoms with Crippen molar-refractivity contribution in [3.05, 3.63) is 109 Å². The van der Waals surface area contributed by atoms with Crippen molar-refractivity contribution in [2.24, 2.45) is 6.98 Å². The minimum atomic E-state index is -2.82. The van der Waals surface area contributed by atoms with Crippen molar-refractivity contribution in [3.63, 3.8) is 0 Å². The Balaban J connectivity index is 0.749. The Hall–Kier alpha value is -6.43. The third-order valence-corrected chi connectivity index (χ3v) is 16.6. The second-order valence-corrected chi connectivity index (χ2v) is 20.5. The first-order chi connectivity index (χ1) is 34.6. The number of aryl methyl sites for hydroxylation is 2. The van der Waals surface area contributed by atoms with E-state index in [-0.39, 0.29) is 41.9 Å². The fraction of sp³-hybridized carbons (Fsp3) is 0.442. The van der Waals surface area contributed by atoms with E-state index < -0.39 is 31.1 Å². The molecular weight excluding hydrogens is 893 g/mol. The predicted octanol–water partition coefficient (Wildman–Crippen LogP) is 5.55. The van der Waals surface area contributed by atoms with Crippen LogP contribution >= 0.6 is 11.3 Å². The van der Waals surface area contributed by atoms with Gasteiger partial charge in [-0.3, -0.25) is 39.1 Å². The Morgan fingerprint density at radius 3 is 2.46 bits per heavy atom. The van der Waals surface area contributed by atoms with Crippen molar-refractivity contribution >= 4 is 63.7 Å². The number of aromatic nitrogens is 3. The van der Waals surface area contributed by atoms with E-state index >= 15 is 0 Å². The van der Waals surface area contributed by atoms with E-state index in [1.165, 1.54) is 16.6 Å². The molecule has 69 heavy (non-hydrogen) atoms. The largest absolute Gasteiger partial charge is 0.392 e. The number of piperazine rings is 1. The number of aliphatic hydroxyl groups excluding tert-OH is 1. The molecule has 4 amide bonds. The lowest BCUT2D eigenvalue weighted by Gasteiger charge is -2.48. The molecule has 3 N–H and O–H groups in total. The summed E-state index contributed by atoms with van der Waals surface area (Å²) in [6.07, 6.45) is 12.0. The summed E-state index contributed by atoms with van der Waals surface area (Å²) in [6.45, 7) is 5.31. The molecule has 4 atom stereocenters. The number of hydrogen-bond acceptors (Lipinski definition) is 13. The summed E-state index contributed by atoms with van der Waals surface area (Å²) in [5.74, 6) is -0.374. The van der Waals surface area contributed by atoms with Gasteiger partial charge >= 0.3 is 0 Å². The molecular formula is C52H58N10O6S. The normalized spacial score (nSPS) is 23.8. The molecule has 3 saturated heterocycles. The second kappa shape index (κ2) is 18.1. The zero-order chi connectivity index (χ0) is 50.2. The average Bonchev–Trinajstić information content (AvgIpc) is 3.91. The molecule has 16 nitrogen and oxygen atoms in total. The molecule has 5 aliphatic heterocycles. The molecule has 1 aliphatic carbocycles. The monoisotopic (exact) mass is 953 g/mol. The number of imide groups is 1. The molecule has 1 unspecified atom stereocenters. The van der Waals surface area contributed by atoms with Gasteiger partial charge in [0.2, 0.25) is 11.8 Å². The van der Waals surface area contributed by atoms with Crippen LogP contribution in [0.4, 0.5) is 28.7 Å². The van der Waals surface area contributed by atoms with Crippen LogP contribution in [0.15, 0.2) is 65.8 Å². The number of benzene rings is 1. The van der Waals surface area contributed by atoms with Crippen LogP contribution in [0.2, 0.25) is 0 Å². The summed E-state index contributed by atoms with van der Waals surface area (Å²) in [7, 11) is 0. The van der Waals surface area contributed by atoms with Gasteiger partial charge < -0.3 is 29.7 Å². The van der Waals surface area contributed by atoms with Crippen LogP contribution in [0.25, 0.3) is 11.1 Å². The molecule has 4 aromatic heterocycles. The number of hydrogen-bond donors (Lipinski definition) is 3. The number of pyridine rings is 3. The molecule has 3 fully saturated rings. The van der Waals surface area contributed by atoms with Crippen molar-refractivity contribution in [2.45, 2.75) is 109 Å². The van der Waals surface area contributed by atoms with Crippen LogP contribution < -0.4 is 30.9 Å². The molecule has 0 spiro atoms. The summed E-state index contributed by atoms with van der Waals surface area (Å²) >= 11 is 1.57. The summed E-state index contributed by atoms with van der Waals surface area (Å²) < 4.78 is 25.5. The Morgan fingerprint density at radius 1 is 0.841 bits per heavy atom. The van der Waals surface area contributed by atoms with Crippen LogP contribution in [0.5, 0.6) is 0 Å². The van der Waals surface area contributed by atoms with Crippen LogP contribution in [-0.2, 0) is 49.0 Å². The fourth-order valence-electron chi connectivity index (χ4n) is 11.7. The molecule has 358 valence electrons. The van der Waals surface area contributed by atoms with E-state index in [0.29, 0.717) is 70.4 Å². The SMILES string of the molecule is [2H]C([2H])([2H])n1cc(-c2ccnc(N3CCc4c(sc5c4CCCC5)C3=O)c2CO)cc(Nc2ccc(N3CCN([C@@H]4CCN(c5ccc6c(c5)CN(C5CCC(=O)NC5=O)C6=O)[C@H](C)C4)C[C@@H]3C)cn2)c1=O. The first kappa shape index (κ1) is 41.5. The first-order valence-electron chi connectivity index (χ1n) is 25.7. The smallest absolute Gasteiger partial charge is 0.274 e. The number of aliphatic hydroxyl groups is 1. The van der Waals surface area contributed by atoms with Gasteiger partial charge in [0.15, 0.2) is 0 Å². The highest BCUT2D eigenvalue weighted by atomic mass is 32.1. The number of nitrogens with zero attached hydrogens (tertiary/aromatic N) is 8. The van der Waals surface area contributed by atoms with Crippen LogP contribution in [0.1, 0.15) is 104 Å². The maximum atomic E-state index is 14.1. The average molecular weight is 954 g/mol. The number of nitrogens with one attached hydrogen (secondary N) is 2. The third-order valence-electron chi connectivity index (χ3n) is 15.3. The third kappa shape index (κ3) is 8.17. The molecule has 0 radical (unpaired) electrons. The maximum absolute atomic E-state index is 14.1. The quantitative estimate of drug-likeness (QED) is 0.157. The number of anilines is 5. The molecule has 17 heteroatoms. The number of thiophene rings is 1. The summed E-state index contributed by atoms with van der Waals surface area (Å²) in [4.78, 5) is 87.3. The number of rotatable bonds is 9. The van der Waals surface area contributed by atoms with E-state index in [1.54, 1.807) is 51.7 Å². The number of piperidine rings is 2. The Labute approximate surface area is 409 Å². The van der Waals surface area contributed by atoms with Gasteiger partial charge in [-0.25, -0.2) is 9.97 Å². The highest BCUT2D eigenvalue weighted by Crippen LogP contribution is 2.41. The van der Waals surface area contributed by atoms with Crippen molar-refractivity contribution in [1.29, 1.82) is 0 Å². The van der Waals surface area contributed by atoms with Crippen molar-refractivity contribution < 1.29 is 28.4 Å². The van der Waals surface area contributed by atoms with E-state index in [9.17, 15) is 29.1 Å². The zero-order valence-corrected chi connectivity index (χ0v) is 39.7. The van der Waals surface area contributed by atoms with Crippen LogP contribution in [0, 0.1) is 0 Å². The van der Waals surface area contributed by atoms with Crippen molar-refractivity contribution in [2.75, 3.05) is 52.7 Å². The summed E-state index contributed by atoms with van der Waals surface area (Å²) in [5, 5.41) is 16.3. The van der Waals surface area contributed by atoms with E-state index in [4.69, 9.17) is 4.11 Å². The molecule has 0 saturated carbocycles. The van der Waals surface area contributed by atoms with Gasteiger partial charge in [-0.05, 0) is 130 Å². The second-order valence-electron chi connectivity index (χ2n) is 19.4. The minimum absolute atomic E-state index is 0.0149. The summed E-state index contributed by atoms with van der Waals surface area (Å²) in [5.41, 5.74) is 6.33. The van der Waals surface area contributed by atoms with Gasteiger partial charge in [-0.15, -0.1) is 11.3 Å². The van der Waals surface area contributed by atoms with Gasteiger partial charge in [-0.1, -0.05) is 0 Å². The molecule has 9 heterocycles. The van der Waals surface area contributed by atoms with E-state index in [2.05, 4.69) is 55.2 Å². The fourth-order valence-corrected chi connectivity index (χ4v) is 13.1. The molecule has 11 rings (SSSR count). The molecule has 5 aromatic rings. The molecule has 1 aromatic carbocycles. The first-order valence-corrected chi connectivity index (χ1v) is 25.1. The zero-order valence-electron chi connectivity index (χ0n) is 41.9. The van der Waals surface area contributed by atoms with Crippen LogP contribution in [-0.4, -0.2) is 110 Å². The van der Waals surface area contributed by atoms with Gasteiger partial charge in [0.05, 0.1) is 23.4 Å². The van der Waals surface area contributed by atoms with Gasteiger partial charge in [-0.2, -0.15) is 0 Å². The number of fused-ring (bicyclic) bond motifs is 4. The predicted molar refractivity (Wildman–Crippen MR) is 265 cm³/mol. The van der Waals surface area contributed by atoms with Crippen molar-refractivity contribution in [3.8, 4) is 11.1 Å². The number of carbonyl (C=O) groups is 4.